The van der Waals surface area contributed by atoms with E-state index in [1.165, 1.54) is 6.07 Å². The van der Waals surface area contributed by atoms with Crippen LogP contribution in [0.5, 0.6) is 5.75 Å². The molecular weight excluding hydrogens is 266 g/mol. The van der Waals surface area contributed by atoms with Crippen LogP contribution in [0.4, 0.5) is 0 Å². The number of methoxy groups -OCH3 is 1. The SMILES string of the molecule is COc1cccc(C2(C)CCc3[nH]c(=O)ccc3C2=O)c1. The van der Waals surface area contributed by atoms with Crippen LogP contribution in [0, 0.1) is 0 Å². The summed E-state index contributed by atoms with van der Waals surface area (Å²) in [5.74, 6) is 0.794. The molecule has 0 aliphatic heterocycles. The van der Waals surface area contributed by atoms with Crippen molar-refractivity contribution in [3.8, 4) is 5.75 Å². The number of aryl methyl sites for hydroxylation is 1. The zero-order valence-electron chi connectivity index (χ0n) is 12.1. The molecule has 0 amide bonds. The van der Waals surface area contributed by atoms with Crippen molar-refractivity contribution in [3.05, 3.63) is 63.6 Å². The lowest BCUT2D eigenvalue weighted by Crippen LogP contribution is -2.38. The largest absolute Gasteiger partial charge is 0.497 e. The minimum absolute atomic E-state index is 0.0493. The molecule has 0 saturated carbocycles. The maximum atomic E-state index is 12.9. The zero-order valence-corrected chi connectivity index (χ0v) is 12.1. The molecule has 1 atom stereocenters. The van der Waals surface area contributed by atoms with Crippen LogP contribution in [-0.2, 0) is 11.8 Å². The Hall–Kier alpha value is -2.36. The molecule has 1 unspecified atom stereocenters. The minimum atomic E-state index is -0.584. The lowest BCUT2D eigenvalue weighted by atomic mass is 9.69. The van der Waals surface area contributed by atoms with Crippen LogP contribution in [0.25, 0.3) is 0 Å². The van der Waals surface area contributed by atoms with E-state index in [4.69, 9.17) is 4.74 Å². The first-order valence-corrected chi connectivity index (χ1v) is 6.96. The number of ketones is 1. The van der Waals surface area contributed by atoms with Gasteiger partial charge in [0.25, 0.3) is 0 Å². The van der Waals surface area contributed by atoms with Crippen LogP contribution in [0.15, 0.2) is 41.2 Å². The Morgan fingerprint density at radius 2 is 2.00 bits per heavy atom. The van der Waals surface area contributed by atoms with Crippen molar-refractivity contribution in [1.29, 1.82) is 0 Å². The van der Waals surface area contributed by atoms with Crippen LogP contribution in [0.2, 0.25) is 0 Å². The molecule has 0 radical (unpaired) electrons. The van der Waals surface area contributed by atoms with Crippen LogP contribution >= 0.6 is 0 Å². The molecule has 21 heavy (non-hydrogen) atoms. The second-order valence-corrected chi connectivity index (χ2v) is 5.61. The molecule has 1 aliphatic rings. The Morgan fingerprint density at radius 3 is 2.76 bits per heavy atom. The molecule has 0 bridgehead atoms. The summed E-state index contributed by atoms with van der Waals surface area (Å²) in [6.45, 7) is 1.96. The number of rotatable bonds is 2. The number of hydrogen-bond donors (Lipinski definition) is 1. The molecule has 1 N–H and O–H groups in total. The molecule has 0 saturated heterocycles. The number of carbonyl (C=O) groups is 1. The third-order valence-electron chi connectivity index (χ3n) is 4.33. The number of nitrogens with one attached hydrogen (secondary N) is 1. The highest BCUT2D eigenvalue weighted by Crippen LogP contribution is 2.38. The quantitative estimate of drug-likeness (QED) is 0.921. The number of benzene rings is 1. The molecule has 1 heterocycles. The average molecular weight is 283 g/mol. The van der Waals surface area contributed by atoms with E-state index >= 15 is 0 Å². The molecule has 1 aliphatic carbocycles. The Kier molecular flexibility index (Phi) is 3.16. The molecule has 4 nitrogen and oxygen atoms in total. The predicted molar refractivity (Wildman–Crippen MR) is 80.1 cm³/mol. The first-order valence-electron chi connectivity index (χ1n) is 6.96. The van der Waals surface area contributed by atoms with Gasteiger partial charge >= 0.3 is 0 Å². The van der Waals surface area contributed by atoms with Gasteiger partial charge in [0, 0.05) is 17.3 Å². The Labute approximate surface area is 122 Å². The van der Waals surface area contributed by atoms with Crippen LogP contribution in [-0.4, -0.2) is 17.9 Å². The second-order valence-electron chi connectivity index (χ2n) is 5.61. The Bertz CT molecular complexity index is 763. The minimum Gasteiger partial charge on any atom is -0.497 e. The average Bonchev–Trinajstić information content (AvgIpc) is 2.51. The summed E-state index contributed by atoms with van der Waals surface area (Å²) in [7, 11) is 1.62. The molecule has 0 spiro atoms. The second kappa shape index (κ2) is 4.88. The van der Waals surface area contributed by atoms with E-state index in [-0.39, 0.29) is 11.3 Å². The van der Waals surface area contributed by atoms with Gasteiger partial charge in [0.1, 0.15) is 5.75 Å². The highest BCUT2D eigenvalue weighted by Gasteiger charge is 2.40. The van der Waals surface area contributed by atoms with E-state index in [0.29, 0.717) is 18.4 Å². The normalized spacial score (nSPS) is 21.0. The van der Waals surface area contributed by atoms with Crippen LogP contribution in [0.3, 0.4) is 0 Å². The van der Waals surface area contributed by atoms with Gasteiger partial charge in [-0.1, -0.05) is 12.1 Å². The number of Topliss-reactive ketones (excluding diaryl/α,β-unsaturated/α-hetero) is 1. The van der Waals surface area contributed by atoms with E-state index in [2.05, 4.69) is 4.98 Å². The van der Waals surface area contributed by atoms with Gasteiger partial charge in [-0.3, -0.25) is 9.59 Å². The van der Waals surface area contributed by atoms with Crippen molar-refractivity contribution in [3.63, 3.8) is 0 Å². The van der Waals surface area contributed by atoms with Crippen molar-refractivity contribution in [1.82, 2.24) is 4.98 Å². The van der Waals surface area contributed by atoms with E-state index in [9.17, 15) is 9.59 Å². The standard InChI is InChI=1S/C17H17NO3/c1-17(11-4-3-5-12(10-11)21-2)9-8-14-13(16(17)20)6-7-15(19)18-14/h3-7,10H,8-9H2,1-2H3,(H,18,19). The fourth-order valence-electron chi connectivity index (χ4n) is 2.95. The summed E-state index contributed by atoms with van der Waals surface area (Å²) in [6.07, 6.45) is 1.36. The van der Waals surface area contributed by atoms with E-state index in [0.717, 1.165) is 17.0 Å². The fraction of sp³-hybridized carbons (Fsp3) is 0.294. The summed E-state index contributed by atoms with van der Waals surface area (Å²) in [6, 6.07) is 10.7. The number of aromatic amines is 1. The summed E-state index contributed by atoms with van der Waals surface area (Å²) in [5, 5.41) is 0. The zero-order chi connectivity index (χ0) is 15.0. The topological polar surface area (TPSA) is 59.2 Å². The van der Waals surface area contributed by atoms with Crippen LogP contribution < -0.4 is 10.3 Å². The lowest BCUT2D eigenvalue weighted by molar-refractivity contribution is 0.0874. The number of pyridine rings is 1. The highest BCUT2D eigenvalue weighted by molar-refractivity contribution is 6.05. The van der Waals surface area contributed by atoms with E-state index in [1.807, 2.05) is 31.2 Å². The molecule has 0 fully saturated rings. The number of aromatic nitrogens is 1. The third kappa shape index (κ3) is 2.17. The first-order chi connectivity index (χ1) is 10.0. The summed E-state index contributed by atoms with van der Waals surface area (Å²) >= 11 is 0. The first kappa shape index (κ1) is 13.6. The molecule has 1 aromatic heterocycles. The summed E-state index contributed by atoms with van der Waals surface area (Å²) in [5.41, 5.74) is 1.56. The molecule has 1 aromatic carbocycles. The van der Waals surface area contributed by atoms with Crippen molar-refractivity contribution in [2.24, 2.45) is 0 Å². The lowest BCUT2D eigenvalue weighted by Gasteiger charge is -2.33. The highest BCUT2D eigenvalue weighted by atomic mass is 16.5. The van der Waals surface area contributed by atoms with Crippen molar-refractivity contribution < 1.29 is 9.53 Å². The predicted octanol–water partition coefficient (Wildman–Crippen LogP) is 2.47. The number of hydrogen-bond acceptors (Lipinski definition) is 3. The monoisotopic (exact) mass is 283 g/mol. The number of ether oxygens (including phenoxy) is 1. The molecular formula is C17H17NO3. The third-order valence-corrected chi connectivity index (χ3v) is 4.33. The van der Waals surface area contributed by atoms with Gasteiger partial charge in [0.2, 0.25) is 5.56 Å². The Balaban J connectivity index is 2.08. The van der Waals surface area contributed by atoms with Gasteiger partial charge in [-0.25, -0.2) is 0 Å². The van der Waals surface area contributed by atoms with Gasteiger partial charge in [-0.2, -0.15) is 0 Å². The van der Waals surface area contributed by atoms with Gasteiger partial charge in [-0.05, 0) is 43.5 Å². The fourth-order valence-corrected chi connectivity index (χ4v) is 2.95. The van der Waals surface area contributed by atoms with Gasteiger partial charge in [0.15, 0.2) is 5.78 Å². The van der Waals surface area contributed by atoms with Crippen molar-refractivity contribution >= 4 is 5.78 Å². The van der Waals surface area contributed by atoms with Crippen LogP contribution in [0.1, 0.15) is 35.0 Å². The summed E-state index contributed by atoms with van der Waals surface area (Å²) < 4.78 is 5.25. The maximum absolute atomic E-state index is 12.9. The van der Waals surface area contributed by atoms with Gasteiger partial charge in [0.05, 0.1) is 12.5 Å². The number of carbonyl (C=O) groups excluding carboxylic acids is 1. The van der Waals surface area contributed by atoms with E-state index < -0.39 is 5.41 Å². The van der Waals surface area contributed by atoms with Crippen molar-refractivity contribution in [2.75, 3.05) is 7.11 Å². The summed E-state index contributed by atoms with van der Waals surface area (Å²) in [4.78, 5) is 27.0. The smallest absolute Gasteiger partial charge is 0.248 e. The molecule has 2 aromatic rings. The number of fused-ring (bicyclic) bond motifs is 1. The van der Waals surface area contributed by atoms with E-state index in [1.54, 1.807) is 13.2 Å². The molecule has 3 rings (SSSR count). The van der Waals surface area contributed by atoms with Gasteiger partial charge < -0.3 is 9.72 Å². The van der Waals surface area contributed by atoms with Gasteiger partial charge in [-0.15, -0.1) is 0 Å². The maximum Gasteiger partial charge on any atom is 0.248 e. The van der Waals surface area contributed by atoms with Crippen molar-refractivity contribution in [2.45, 2.75) is 25.2 Å². The molecule has 108 valence electrons. The molecule has 4 heteroatoms. The Morgan fingerprint density at radius 1 is 1.19 bits per heavy atom. The number of H-pyrrole nitrogens is 1.